The van der Waals surface area contributed by atoms with Crippen LogP contribution in [0.4, 0.5) is 0 Å². The van der Waals surface area contributed by atoms with Gasteiger partial charge in [-0.1, -0.05) is 0 Å². The molecule has 1 heterocycles. The van der Waals surface area contributed by atoms with Gasteiger partial charge in [0, 0.05) is 10.3 Å². The van der Waals surface area contributed by atoms with E-state index >= 15 is 0 Å². The second-order valence-electron chi connectivity index (χ2n) is 2.90. The summed E-state index contributed by atoms with van der Waals surface area (Å²) in [6.45, 7) is -0.0106. The standard InChI is InChI=1S/C10H10O2S2/c1-12-8-4-9-6(2-3-14-9)7(5-11)10(8)13/h2-4,11,13H,5H2,1H3. The fourth-order valence-corrected chi connectivity index (χ4v) is 2.65. The number of hydrogen-bond donors (Lipinski definition) is 2. The Morgan fingerprint density at radius 3 is 3.00 bits per heavy atom. The highest BCUT2D eigenvalue weighted by Gasteiger charge is 2.10. The fraction of sp³-hybridized carbons (Fsp3) is 0.200. The molecule has 0 saturated carbocycles. The molecule has 1 aromatic heterocycles. The maximum absolute atomic E-state index is 9.25. The van der Waals surface area contributed by atoms with Gasteiger partial charge in [-0.15, -0.1) is 24.0 Å². The van der Waals surface area contributed by atoms with E-state index in [-0.39, 0.29) is 6.61 Å². The van der Waals surface area contributed by atoms with E-state index in [0.717, 1.165) is 20.5 Å². The maximum atomic E-state index is 9.25. The van der Waals surface area contributed by atoms with Crippen LogP contribution in [0.25, 0.3) is 10.1 Å². The molecule has 2 rings (SSSR count). The molecule has 4 heteroatoms. The van der Waals surface area contributed by atoms with Gasteiger partial charge in [-0.05, 0) is 22.9 Å². The second-order valence-corrected chi connectivity index (χ2v) is 4.29. The van der Waals surface area contributed by atoms with E-state index in [1.165, 1.54) is 0 Å². The average Bonchev–Trinajstić information content (AvgIpc) is 2.64. The zero-order chi connectivity index (χ0) is 10.1. The molecule has 0 aliphatic rings. The van der Waals surface area contributed by atoms with Crippen LogP contribution in [0.15, 0.2) is 22.4 Å². The number of thiol groups is 1. The topological polar surface area (TPSA) is 29.5 Å². The minimum absolute atomic E-state index is 0.0106. The molecule has 1 aromatic carbocycles. The Hall–Kier alpha value is -0.710. The first kappa shape index (κ1) is 9.83. The summed E-state index contributed by atoms with van der Waals surface area (Å²) in [6.07, 6.45) is 0. The van der Waals surface area contributed by atoms with Crippen molar-refractivity contribution in [2.45, 2.75) is 11.5 Å². The Balaban J connectivity index is 2.80. The molecular formula is C10H10O2S2. The summed E-state index contributed by atoms with van der Waals surface area (Å²) in [4.78, 5) is 0.723. The third-order valence-electron chi connectivity index (χ3n) is 2.18. The highest BCUT2D eigenvalue weighted by atomic mass is 32.1. The van der Waals surface area contributed by atoms with Crippen LogP contribution in [0, 0.1) is 0 Å². The van der Waals surface area contributed by atoms with Gasteiger partial charge in [-0.2, -0.15) is 0 Å². The minimum Gasteiger partial charge on any atom is -0.496 e. The second kappa shape index (κ2) is 3.81. The first-order chi connectivity index (χ1) is 6.77. The molecule has 0 fully saturated rings. The van der Waals surface area contributed by atoms with Gasteiger partial charge in [0.25, 0.3) is 0 Å². The lowest BCUT2D eigenvalue weighted by atomic mass is 10.1. The van der Waals surface area contributed by atoms with E-state index in [2.05, 4.69) is 12.6 Å². The third-order valence-corrected chi connectivity index (χ3v) is 3.53. The predicted molar refractivity (Wildman–Crippen MR) is 61.6 cm³/mol. The van der Waals surface area contributed by atoms with Crippen LogP contribution >= 0.6 is 24.0 Å². The quantitative estimate of drug-likeness (QED) is 0.771. The summed E-state index contributed by atoms with van der Waals surface area (Å²) in [7, 11) is 1.61. The highest BCUT2D eigenvalue weighted by molar-refractivity contribution is 7.80. The maximum Gasteiger partial charge on any atom is 0.133 e. The Bertz CT molecular complexity index is 462. The number of thiophene rings is 1. The molecule has 0 unspecified atom stereocenters. The monoisotopic (exact) mass is 226 g/mol. The van der Waals surface area contributed by atoms with Crippen molar-refractivity contribution in [1.29, 1.82) is 0 Å². The van der Waals surface area contributed by atoms with E-state index in [9.17, 15) is 5.11 Å². The van der Waals surface area contributed by atoms with Crippen LogP contribution in [0.5, 0.6) is 5.75 Å². The van der Waals surface area contributed by atoms with E-state index < -0.39 is 0 Å². The summed E-state index contributed by atoms with van der Waals surface area (Å²) >= 11 is 5.97. The van der Waals surface area contributed by atoms with Crippen LogP contribution in [0.1, 0.15) is 5.56 Å². The van der Waals surface area contributed by atoms with Gasteiger partial charge in [0.15, 0.2) is 0 Å². The van der Waals surface area contributed by atoms with Gasteiger partial charge in [-0.3, -0.25) is 0 Å². The molecule has 0 atom stereocenters. The van der Waals surface area contributed by atoms with Crippen molar-refractivity contribution in [3.05, 3.63) is 23.1 Å². The Kier molecular flexibility index (Phi) is 2.67. The molecule has 0 spiro atoms. The van der Waals surface area contributed by atoms with Crippen LogP contribution < -0.4 is 4.74 Å². The molecule has 0 aliphatic carbocycles. The number of methoxy groups -OCH3 is 1. The molecule has 0 saturated heterocycles. The summed E-state index contributed by atoms with van der Waals surface area (Å²) in [5.74, 6) is 0.715. The van der Waals surface area contributed by atoms with Crippen molar-refractivity contribution in [2.24, 2.45) is 0 Å². The van der Waals surface area contributed by atoms with E-state index in [0.29, 0.717) is 5.75 Å². The summed E-state index contributed by atoms with van der Waals surface area (Å²) in [5.41, 5.74) is 0.837. The van der Waals surface area contributed by atoms with Crippen molar-refractivity contribution >= 4 is 34.1 Å². The van der Waals surface area contributed by atoms with Gasteiger partial charge in [0.2, 0.25) is 0 Å². The molecule has 0 bridgehead atoms. The number of aliphatic hydroxyl groups is 1. The zero-order valence-electron chi connectivity index (χ0n) is 7.65. The SMILES string of the molecule is COc1cc2sccc2c(CO)c1S. The molecule has 74 valence electrons. The smallest absolute Gasteiger partial charge is 0.133 e. The molecule has 2 aromatic rings. The van der Waals surface area contributed by atoms with Crippen molar-refractivity contribution in [2.75, 3.05) is 7.11 Å². The summed E-state index contributed by atoms with van der Waals surface area (Å²) in [6, 6.07) is 3.94. The van der Waals surface area contributed by atoms with Crippen LogP contribution in [-0.4, -0.2) is 12.2 Å². The van der Waals surface area contributed by atoms with Crippen LogP contribution in [0.3, 0.4) is 0 Å². The zero-order valence-corrected chi connectivity index (χ0v) is 9.36. The normalized spacial score (nSPS) is 10.8. The summed E-state index contributed by atoms with van der Waals surface area (Å²) in [5, 5.41) is 12.3. The third kappa shape index (κ3) is 1.39. The van der Waals surface area contributed by atoms with Crippen LogP contribution in [-0.2, 0) is 6.61 Å². The van der Waals surface area contributed by atoms with Gasteiger partial charge in [0.05, 0.1) is 18.6 Å². The summed E-state index contributed by atoms with van der Waals surface area (Å²) < 4.78 is 6.30. The number of hydrogen-bond acceptors (Lipinski definition) is 4. The fourth-order valence-electron chi connectivity index (χ4n) is 1.46. The molecule has 0 amide bonds. The lowest BCUT2D eigenvalue weighted by molar-refractivity contribution is 0.279. The molecule has 1 N–H and O–H groups in total. The molecular weight excluding hydrogens is 216 g/mol. The molecule has 0 radical (unpaired) electrons. The Morgan fingerprint density at radius 1 is 1.57 bits per heavy atom. The Morgan fingerprint density at radius 2 is 2.36 bits per heavy atom. The number of fused-ring (bicyclic) bond motifs is 1. The minimum atomic E-state index is -0.0106. The van der Waals surface area contributed by atoms with Crippen molar-refractivity contribution in [3.8, 4) is 5.75 Å². The van der Waals surface area contributed by atoms with Gasteiger partial charge in [-0.25, -0.2) is 0 Å². The van der Waals surface area contributed by atoms with Gasteiger partial charge in [0.1, 0.15) is 5.75 Å². The highest BCUT2D eigenvalue weighted by Crippen LogP contribution is 2.36. The molecule has 2 nitrogen and oxygen atoms in total. The lowest BCUT2D eigenvalue weighted by Gasteiger charge is -2.09. The van der Waals surface area contributed by atoms with Gasteiger partial charge >= 0.3 is 0 Å². The van der Waals surface area contributed by atoms with Crippen molar-refractivity contribution in [1.82, 2.24) is 0 Å². The van der Waals surface area contributed by atoms with E-state index in [1.807, 2.05) is 17.5 Å². The first-order valence-electron chi connectivity index (χ1n) is 4.14. The number of aliphatic hydroxyl groups excluding tert-OH is 1. The van der Waals surface area contributed by atoms with E-state index in [1.54, 1.807) is 18.4 Å². The average molecular weight is 226 g/mol. The molecule has 14 heavy (non-hydrogen) atoms. The largest absolute Gasteiger partial charge is 0.496 e. The number of rotatable bonds is 2. The van der Waals surface area contributed by atoms with Gasteiger partial charge < -0.3 is 9.84 Å². The number of ether oxygens (including phenoxy) is 1. The van der Waals surface area contributed by atoms with Crippen molar-refractivity contribution in [3.63, 3.8) is 0 Å². The first-order valence-corrected chi connectivity index (χ1v) is 5.47. The van der Waals surface area contributed by atoms with Crippen molar-refractivity contribution < 1.29 is 9.84 Å². The van der Waals surface area contributed by atoms with Crippen LogP contribution in [0.2, 0.25) is 0 Å². The Labute approximate surface area is 91.5 Å². The molecule has 0 aliphatic heterocycles. The lowest BCUT2D eigenvalue weighted by Crippen LogP contribution is -1.91. The predicted octanol–water partition coefficient (Wildman–Crippen LogP) is 2.69. The number of benzene rings is 1. The van der Waals surface area contributed by atoms with E-state index in [4.69, 9.17) is 4.74 Å².